The summed E-state index contributed by atoms with van der Waals surface area (Å²) in [6.45, 7) is 9.63. The molecule has 0 saturated carbocycles. The van der Waals surface area contributed by atoms with Crippen LogP contribution in [0.4, 0.5) is 39.2 Å². The SMILES string of the molecule is C=CC(=O)Nc1cc(N(C(=O)NCc2ccccc2)c2cc(Nc3ccc(N4CCN(C)CC4)cc3OC)ncn2)ccc1C. The predicted molar refractivity (Wildman–Crippen MR) is 179 cm³/mol. The van der Waals surface area contributed by atoms with E-state index >= 15 is 0 Å². The zero-order valence-electron chi connectivity index (χ0n) is 25.8. The number of anilines is 6. The molecule has 1 saturated heterocycles. The van der Waals surface area contributed by atoms with E-state index in [-0.39, 0.29) is 5.91 Å². The number of piperazine rings is 1. The largest absolute Gasteiger partial charge is 0.494 e. The maximum absolute atomic E-state index is 13.8. The second-order valence-electron chi connectivity index (χ2n) is 10.7. The summed E-state index contributed by atoms with van der Waals surface area (Å²) in [6, 6.07) is 22.3. The number of nitrogens with one attached hydrogen (secondary N) is 3. The quantitative estimate of drug-likeness (QED) is 0.204. The van der Waals surface area contributed by atoms with E-state index in [0.29, 0.717) is 35.3 Å². The van der Waals surface area contributed by atoms with Crippen molar-refractivity contribution in [2.45, 2.75) is 13.5 Å². The standard InChI is InChI=1S/C34H38N8O3/c1-5-33(43)39-29-19-27(12-11-24(29)2)42(34(44)35-22-25-9-7-6-8-10-25)32-21-31(36-23-37-32)38-28-14-13-26(20-30(28)45-4)41-17-15-40(3)16-18-41/h5-14,19-21,23H,1,15-18,22H2,2-4H3,(H,35,44)(H,39,43)(H,36,37,38). The monoisotopic (exact) mass is 606 g/mol. The van der Waals surface area contributed by atoms with Crippen molar-refractivity contribution in [1.29, 1.82) is 0 Å². The third-order valence-electron chi connectivity index (χ3n) is 7.61. The first-order valence-corrected chi connectivity index (χ1v) is 14.7. The molecule has 3 aromatic carbocycles. The van der Waals surface area contributed by atoms with Crippen LogP contribution in [0.1, 0.15) is 11.1 Å². The molecule has 232 valence electrons. The second-order valence-corrected chi connectivity index (χ2v) is 10.7. The van der Waals surface area contributed by atoms with Gasteiger partial charge in [0.25, 0.3) is 0 Å². The number of amides is 3. The number of hydrogen-bond acceptors (Lipinski definition) is 8. The number of rotatable bonds is 10. The molecule has 45 heavy (non-hydrogen) atoms. The Morgan fingerprint density at radius 1 is 0.978 bits per heavy atom. The molecule has 11 heteroatoms. The van der Waals surface area contributed by atoms with Gasteiger partial charge < -0.3 is 30.5 Å². The second kappa shape index (κ2) is 14.4. The van der Waals surface area contributed by atoms with E-state index in [1.54, 1.807) is 25.3 Å². The van der Waals surface area contributed by atoms with Crippen LogP contribution in [0.5, 0.6) is 5.75 Å². The number of benzene rings is 3. The fraction of sp³-hybridized carbons (Fsp3) is 0.235. The molecule has 0 unspecified atom stereocenters. The fourth-order valence-electron chi connectivity index (χ4n) is 4.99. The van der Waals surface area contributed by atoms with E-state index in [1.807, 2.05) is 55.5 Å². The number of nitrogens with zero attached hydrogens (tertiary/aromatic N) is 5. The van der Waals surface area contributed by atoms with Crippen LogP contribution in [0.15, 0.2) is 91.8 Å². The number of likely N-dealkylation sites (N-methyl/N-ethyl adjacent to an activating group) is 1. The molecule has 3 amide bonds. The minimum absolute atomic E-state index is 0.315. The van der Waals surface area contributed by atoms with Gasteiger partial charge >= 0.3 is 6.03 Å². The van der Waals surface area contributed by atoms with Crippen LogP contribution in [-0.2, 0) is 11.3 Å². The third kappa shape index (κ3) is 7.76. The molecule has 1 aromatic heterocycles. The maximum Gasteiger partial charge on any atom is 0.327 e. The maximum atomic E-state index is 13.8. The van der Waals surface area contributed by atoms with Crippen molar-refractivity contribution in [2.24, 2.45) is 0 Å². The Labute approximate surface area is 263 Å². The molecule has 0 aliphatic carbocycles. The van der Waals surface area contributed by atoms with Crippen LogP contribution in [0.2, 0.25) is 0 Å². The minimum atomic E-state index is -0.400. The lowest BCUT2D eigenvalue weighted by atomic mass is 10.1. The van der Waals surface area contributed by atoms with Crippen LogP contribution < -0.4 is 30.5 Å². The Morgan fingerprint density at radius 2 is 1.76 bits per heavy atom. The van der Waals surface area contributed by atoms with Crippen LogP contribution in [0, 0.1) is 6.92 Å². The van der Waals surface area contributed by atoms with Crippen molar-refractivity contribution in [1.82, 2.24) is 20.2 Å². The van der Waals surface area contributed by atoms with Gasteiger partial charge in [0.05, 0.1) is 18.5 Å². The van der Waals surface area contributed by atoms with Gasteiger partial charge in [-0.2, -0.15) is 0 Å². The highest BCUT2D eigenvalue weighted by molar-refractivity contribution is 6.02. The number of carbonyl (C=O) groups is 2. The van der Waals surface area contributed by atoms with Crippen molar-refractivity contribution in [3.8, 4) is 5.75 Å². The summed E-state index contributed by atoms with van der Waals surface area (Å²) in [5, 5.41) is 9.12. The zero-order valence-corrected chi connectivity index (χ0v) is 25.8. The molecule has 1 aliphatic rings. The van der Waals surface area contributed by atoms with Crippen LogP contribution >= 0.6 is 0 Å². The van der Waals surface area contributed by atoms with Crippen molar-refractivity contribution in [2.75, 3.05) is 60.8 Å². The summed E-state index contributed by atoms with van der Waals surface area (Å²) < 4.78 is 5.74. The Bertz CT molecular complexity index is 1650. The average Bonchev–Trinajstić information content (AvgIpc) is 3.06. The number of carbonyl (C=O) groups excluding carboxylic acids is 2. The van der Waals surface area contributed by atoms with Crippen molar-refractivity contribution in [3.05, 3.63) is 103 Å². The summed E-state index contributed by atoms with van der Waals surface area (Å²) in [5.41, 5.74) is 4.65. The van der Waals surface area contributed by atoms with E-state index in [1.165, 1.54) is 17.3 Å². The number of aryl methyl sites for hydroxylation is 1. The molecule has 1 fully saturated rings. The number of aromatic nitrogens is 2. The highest BCUT2D eigenvalue weighted by Gasteiger charge is 2.22. The van der Waals surface area contributed by atoms with Gasteiger partial charge in [0.2, 0.25) is 5.91 Å². The highest BCUT2D eigenvalue weighted by Crippen LogP contribution is 2.34. The molecule has 0 spiro atoms. The molecule has 11 nitrogen and oxygen atoms in total. The lowest BCUT2D eigenvalue weighted by Crippen LogP contribution is -2.44. The van der Waals surface area contributed by atoms with Crippen molar-refractivity contribution in [3.63, 3.8) is 0 Å². The molecule has 4 aromatic rings. The Balaban J connectivity index is 1.44. The number of methoxy groups -OCH3 is 1. The highest BCUT2D eigenvalue weighted by atomic mass is 16.5. The van der Waals surface area contributed by atoms with E-state index in [4.69, 9.17) is 4.74 Å². The molecular formula is C34H38N8O3. The summed E-state index contributed by atoms with van der Waals surface area (Å²) in [7, 11) is 3.77. The third-order valence-corrected chi connectivity index (χ3v) is 7.61. The van der Waals surface area contributed by atoms with Crippen molar-refractivity contribution < 1.29 is 14.3 Å². The Kier molecular flexibility index (Phi) is 9.90. The number of urea groups is 1. The van der Waals surface area contributed by atoms with E-state index in [0.717, 1.165) is 48.7 Å². The average molecular weight is 607 g/mol. The summed E-state index contributed by atoms with van der Waals surface area (Å²) in [5.74, 6) is 1.12. The van der Waals surface area contributed by atoms with E-state index in [9.17, 15) is 9.59 Å². The molecule has 1 aliphatic heterocycles. The molecule has 0 bridgehead atoms. The Hall–Kier alpha value is -5.42. The number of hydrogen-bond donors (Lipinski definition) is 3. The molecular weight excluding hydrogens is 568 g/mol. The van der Waals surface area contributed by atoms with Crippen LogP contribution in [0.25, 0.3) is 0 Å². The van der Waals surface area contributed by atoms with Gasteiger partial charge in [-0.1, -0.05) is 43.0 Å². The zero-order chi connectivity index (χ0) is 31.8. The molecule has 5 rings (SSSR count). The first-order chi connectivity index (χ1) is 21.8. The van der Waals surface area contributed by atoms with Crippen LogP contribution in [-0.4, -0.2) is 67.1 Å². The summed E-state index contributed by atoms with van der Waals surface area (Å²) in [4.78, 5) is 40.9. The number of ether oxygens (including phenoxy) is 1. The molecule has 2 heterocycles. The molecule has 0 radical (unpaired) electrons. The van der Waals surface area contributed by atoms with Gasteiger partial charge in [0.1, 0.15) is 23.7 Å². The topological polar surface area (TPSA) is 115 Å². The summed E-state index contributed by atoms with van der Waals surface area (Å²) in [6.07, 6.45) is 2.60. The first-order valence-electron chi connectivity index (χ1n) is 14.7. The van der Waals surface area contributed by atoms with Gasteiger partial charge in [0.15, 0.2) is 0 Å². The van der Waals surface area contributed by atoms with Crippen molar-refractivity contribution >= 4 is 46.3 Å². The lowest BCUT2D eigenvalue weighted by Gasteiger charge is -2.34. The van der Waals surface area contributed by atoms with Gasteiger partial charge in [-0.3, -0.25) is 4.79 Å². The Morgan fingerprint density at radius 3 is 2.49 bits per heavy atom. The van der Waals surface area contributed by atoms with E-state index < -0.39 is 6.03 Å². The predicted octanol–water partition coefficient (Wildman–Crippen LogP) is 5.46. The smallest absolute Gasteiger partial charge is 0.327 e. The van der Waals surface area contributed by atoms with Gasteiger partial charge in [-0.05, 0) is 55.4 Å². The fourth-order valence-corrected chi connectivity index (χ4v) is 4.99. The van der Waals surface area contributed by atoms with E-state index in [2.05, 4.69) is 55.4 Å². The summed E-state index contributed by atoms with van der Waals surface area (Å²) >= 11 is 0. The first kappa shape index (κ1) is 31.0. The molecule has 3 N–H and O–H groups in total. The van der Waals surface area contributed by atoms with Gasteiger partial charge in [0, 0.05) is 56.2 Å². The van der Waals surface area contributed by atoms with Crippen LogP contribution in [0.3, 0.4) is 0 Å². The normalized spacial score (nSPS) is 13.1. The van der Waals surface area contributed by atoms with Gasteiger partial charge in [-0.15, -0.1) is 0 Å². The minimum Gasteiger partial charge on any atom is -0.494 e. The lowest BCUT2D eigenvalue weighted by molar-refractivity contribution is -0.111. The molecule has 0 atom stereocenters. The van der Waals surface area contributed by atoms with Gasteiger partial charge in [-0.25, -0.2) is 19.7 Å².